The Balaban J connectivity index is 1.98. The largest absolute Gasteiger partial charge is 0.381 e. The van der Waals surface area contributed by atoms with Crippen molar-refractivity contribution in [3.05, 3.63) is 22.6 Å². The average Bonchev–Trinajstić information content (AvgIpc) is 2.46. The molecule has 4 nitrogen and oxygen atoms in total. The van der Waals surface area contributed by atoms with Gasteiger partial charge in [-0.15, -0.1) is 0 Å². The minimum Gasteiger partial charge on any atom is -0.381 e. The molecule has 1 heterocycles. The average molecular weight is 207 g/mol. The van der Waals surface area contributed by atoms with E-state index in [9.17, 15) is 4.79 Å². The summed E-state index contributed by atoms with van der Waals surface area (Å²) in [5.74, 6) is 0. The fourth-order valence-electron chi connectivity index (χ4n) is 2.11. The Bertz CT molecular complexity index is 353. The fourth-order valence-corrected chi connectivity index (χ4v) is 2.11. The van der Waals surface area contributed by atoms with E-state index in [0.29, 0.717) is 6.04 Å². The highest BCUT2D eigenvalue weighted by Gasteiger charge is 2.11. The second-order valence-electron chi connectivity index (χ2n) is 4.17. The third-order valence-corrected chi connectivity index (χ3v) is 2.89. The van der Waals surface area contributed by atoms with Crippen LogP contribution in [0, 0.1) is 0 Å². The normalized spacial score (nSPS) is 18.4. The van der Waals surface area contributed by atoms with Crippen molar-refractivity contribution in [3.63, 3.8) is 0 Å². The Hall–Kier alpha value is -1.32. The summed E-state index contributed by atoms with van der Waals surface area (Å²) in [5, 5.41) is 9.53. The molecule has 0 saturated heterocycles. The van der Waals surface area contributed by atoms with Crippen LogP contribution in [0.3, 0.4) is 0 Å². The molecule has 2 N–H and O–H groups in total. The first-order chi connectivity index (χ1) is 7.34. The molecule has 0 spiro atoms. The summed E-state index contributed by atoms with van der Waals surface area (Å²) >= 11 is 0. The molecule has 0 radical (unpaired) electrons. The molecular weight excluding hydrogens is 190 g/mol. The summed E-state index contributed by atoms with van der Waals surface area (Å²) in [6.07, 6.45) is 9.33. The van der Waals surface area contributed by atoms with Crippen LogP contribution in [0.25, 0.3) is 0 Å². The number of nitrogens with one attached hydrogen (secondary N) is 2. The van der Waals surface area contributed by atoms with Gasteiger partial charge < -0.3 is 5.32 Å². The maximum atomic E-state index is 11.0. The molecule has 82 valence electrons. The van der Waals surface area contributed by atoms with Crippen LogP contribution in [0.1, 0.15) is 38.5 Å². The van der Waals surface area contributed by atoms with E-state index in [-0.39, 0.29) is 5.56 Å². The summed E-state index contributed by atoms with van der Waals surface area (Å²) < 4.78 is 0. The zero-order valence-electron chi connectivity index (χ0n) is 8.83. The molecule has 0 unspecified atom stereocenters. The highest BCUT2D eigenvalue weighted by molar-refractivity contribution is 5.39. The molecule has 15 heavy (non-hydrogen) atoms. The van der Waals surface area contributed by atoms with Gasteiger partial charge in [-0.1, -0.05) is 25.7 Å². The van der Waals surface area contributed by atoms with Crippen molar-refractivity contribution < 1.29 is 0 Å². The minimum absolute atomic E-state index is 0.145. The van der Waals surface area contributed by atoms with Crippen LogP contribution in [-0.4, -0.2) is 16.2 Å². The number of anilines is 1. The lowest BCUT2D eigenvalue weighted by atomic mass is 10.1. The fraction of sp³-hybridized carbons (Fsp3) is 0.636. The Morgan fingerprint density at radius 1 is 1.27 bits per heavy atom. The molecule has 4 heteroatoms. The van der Waals surface area contributed by atoms with Crippen LogP contribution in [0.5, 0.6) is 0 Å². The van der Waals surface area contributed by atoms with Crippen LogP contribution in [0.4, 0.5) is 5.69 Å². The van der Waals surface area contributed by atoms with Crippen LogP contribution < -0.4 is 10.9 Å². The second kappa shape index (κ2) is 4.96. The summed E-state index contributed by atoms with van der Waals surface area (Å²) in [5.41, 5.74) is 0.694. The highest BCUT2D eigenvalue weighted by atomic mass is 16.1. The van der Waals surface area contributed by atoms with Gasteiger partial charge in [-0.05, 0) is 12.8 Å². The van der Waals surface area contributed by atoms with Gasteiger partial charge >= 0.3 is 0 Å². The summed E-state index contributed by atoms with van der Waals surface area (Å²) in [7, 11) is 0. The van der Waals surface area contributed by atoms with E-state index in [1.807, 2.05) is 0 Å². The van der Waals surface area contributed by atoms with E-state index < -0.39 is 0 Å². The molecule has 1 aromatic rings. The molecule has 0 aromatic carbocycles. The molecular formula is C11H17N3O. The van der Waals surface area contributed by atoms with Gasteiger partial charge in [-0.2, -0.15) is 5.10 Å². The van der Waals surface area contributed by atoms with Gasteiger partial charge in [0.15, 0.2) is 0 Å². The van der Waals surface area contributed by atoms with Crippen LogP contribution in [-0.2, 0) is 0 Å². The van der Waals surface area contributed by atoms with E-state index in [2.05, 4.69) is 15.5 Å². The molecule has 1 fully saturated rings. The molecule has 1 saturated carbocycles. The van der Waals surface area contributed by atoms with Crippen molar-refractivity contribution >= 4 is 5.69 Å². The first kappa shape index (κ1) is 10.2. The van der Waals surface area contributed by atoms with Gasteiger partial charge in [0.05, 0.1) is 11.9 Å². The van der Waals surface area contributed by atoms with Crippen molar-refractivity contribution in [1.82, 2.24) is 10.2 Å². The number of aromatic nitrogens is 2. The predicted octanol–water partition coefficient (Wildman–Crippen LogP) is 1.90. The van der Waals surface area contributed by atoms with Crippen LogP contribution in [0.2, 0.25) is 0 Å². The molecule has 0 atom stereocenters. The molecule has 0 aliphatic heterocycles. The third kappa shape index (κ3) is 3.08. The van der Waals surface area contributed by atoms with Crippen molar-refractivity contribution in [2.45, 2.75) is 44.6 Å². The minimum atomic E-state index is -0.145. The molecule has 1 aliphatic carbocycles. The number of nitrogens with zero attached hydrogens (tertiary/aromatic N) is 1. The van der Waals surface area contributed by atoms with Gasteiger partial charge in [0.25, 0.3) is 5.56 Å². The maximum Gasteiger partial charge on any atom is 0.266 e. The molecule has 1 aliphatic rings. The van der Waals surface area contributed by atoms with Crippen LogP contribution in [0.15, 0.2) is 17.1 Å². The van der Waals surface area contributed by atoms with E-state index in [1.54, 1.807) is 12.3 Å². The zero-order chi connectivity index (χ0) is 10.5. The first-order valence-electron chi connectivity index (χ1n) is 5.66. The summed E-state index contributed by atoms with van der Waals surface area (Å²) in [6, 6.07) is 2.08. The second-order valence-corrected chi connectivity index (χ2v) is 4.17. The van der Waals surface area contributed by atoms with Gasteiger partial charge in [0.1, 0.15) is 0 Å². The van der Waals surface area contributed by atoms with E-state index in [1.165, 1.54) is 38.5 Å². The van der Waals surface area contributed by atoms with E-state index in [0.717, 1.165) is 5.69 Å². The lowest BCUT2D eigenvalue weighted by molar-refractivity contribution is 0.619. The quantitative estimate of drug-likeness (QED) is 0.728. The van der Waals surface area contributed by atoms with Crippen molar-refractivity contribution in [1.29, 1.82) is 0 Å². The van der Waals surface area contributed by atoms with Crippen molar-refractivity contribution in [2.24, 2.45) is 0 Å². The van der Waals surface area contributed by atoms with Gasteiger partial charge in [-0.3, -0.25) is 4.79 Å². The number of aromatic amines is 1. The predicted molar refractivity (Wildman–Crippen MR) is 60.0 cm³/mol. The molecule has 1 aromatic heterocycles. The first-order valence-corrected chi connectivity index (χ1v) is 5.66. The van der Waals surface area contributed by atoms with Gasteiger partial charge in [0, 0.05) is 12.1 Å². The Labute approximate surface area is 89.1 Å². The van der Waals surface area contributed by atoms with Gasteiger partial charge in [-0.25, -0.2) is 5.10 Å². The number of rotatable bonds is 2. The Morgan fingerprint density at radius 3 is 2.67 bits per heavy atom. The molecule has 0 bridgehead atoms. The standard InChI is InChI=1S/C11H17N3O/c15-11-7-10(8-12-14-11)13-9-5-3-1-2-4-6-9/h7-9H,1-6H2,(H2,13,14,15). The van der Waals surface area contributed by atoms with Crippen molar-refractivity contribution in [2.75, 3.05) is 5.32 Å². The highest BCUT2D eigenvalue weighted by Crippen LogP contribution is 2.19. The monoisotopic (exact) mass is 207 g/mol. The van der Waals surface area contributed by atoms with E-state index >= 15 is 0 Å². The maximum absolute atomic E-state index is 11.0. The molecule has 0 amide bonds. The number of hydrogen-bond donors (Lipinski definition) is 2. The Kier molecular flexibility index (Phi) is 3.37. The summed E-state index contributed by atoms with van der Waals surface area (Å²) in [6.45, 7) is 0. The Morgan fingerprint density at radius 2 is 2.00 bits per heavy atom. The zero-order valence-corrected chi connectivity index (χ0v) is 8.83. The lowest BCUT2D eigenvalue weighted by Gasteiger charge is -2.16. The SMILES string of the molecule is O=c1cc(NC2CCCCCC2)cn[nH]1. The summed E-state index contributed by atoms with van der Waals surface area (Å²) in [4.78, 5) is 11.0. The van der Waals surface area contributed by atoms with Crippen molar-refractivity contribution in [3.8, 4) is 0 Å². The number of H-pyrrole nitrogens is 1. The van der Waals surface area contributed by atoms with E-state index in [4.69, 9.17) is 0 Å². The van der Waals surface area contributed by atoms with Crippen LogP contribution >= 0.6 is 0 Å². The third-order valence-electron chi connectivity index (χ3n) is 2.89. The molecule has 2 rings (SSSR count). The lowest BCUT2D eigenvalue weighted by Crippen LogP contribution is -2.20. The number of hydrogen-bond acceptors (Lipinski definition) is 3. The smallest absolute Gasteiger partial charge is 0.266 e. The topological polar surface area (TPSA) is 57.8 Å². The van der Waals surface area contributed by atoms with Gasteiger partial charge in [0.2, 0.25) is 0 Å².